The fourth-order valence-corrected chi connectivity index (χ4v) is 0.385. The van der Waals surface area contributed by atoms with E-state index in [1.807, 2.05) is 50.2 Å². The van der Waals surface area contributed by atoms with Crippen LogP contribution in [0.3, 0.4) is 0 Å². The molecule has 0 aliphatic heterocycles. The monoisotopic (exact) mass is 280 g/mol. The van der Waals surface area contributed by atoms with E-state index in [1.54, 1.807) is 0 Å². The van der Waals surface area contributed by atoms with E-state index in [0.717, 1.165) is 0 Å². The molecule has 0 aromatic heterocycles. The number of carboxylic acid groups (broad SMARTS) is 2. The van der Waals surface area contributed by atoms with Crippen LogP contribution in [0.4, 0.5) is 0 Å². The Labute approximate surface area is 121 Å². The van der Waals surface area contributed by atoms with Crippen LogP contribution in [-0.2, 0) is 9.59 Å². The summed E-state index contributed by atoms with van der Waals surface area (Å²) in [6.45, 7) is 13.2. The van der Waals surface area contributed by atoms with Crippen LogP contribution in [0, 0.1) is 0 Å². The maximum absolute atomic E-state index is 9.60. The third-order valence-electron chi connectivity index (χ3n) is 1.40. The zero-order chi connectivity index (χ0) is 16.6. The average molecular weight is 280 g/mol. The summed E-state index contributed by atoms with van der Waals surface area (Å²) >= 11 is 0. The summed E-state index contributed by atoms with van der Waals surface area (Å²) in [5.74, 6) is -1.87. The molecule has 1 aromatic rings. The Morgan fingerprint density at radius 1 is 0.700 bits per heavy atom. The largest absolute Gasteiger partial charge is 0.478 e. The second kappa shape index (κ2) is 16.6. The number of carbonyl (C=O) groups is 2. The van der Waals surface area contributed by atoms with Gasteiger partial charge in [-0.25, -0.2) is 9.59 Å². The van der Waals surface area contributed by atoms with Crippen molar-refractivity contribution >= 4 is 11.9 Å². The van der Waals surface area contributed by atoms with Crippen molar-refractivity contribution in [1.29, 1.82) is 0 Å². The van der Waals surface area contributed by atoms with E-state index in [2.05, 4.69) is 13.2 Å². The topological polar surface area (TPSA) is 74.6 Å². The number of benzene rings is 1. The fraction of sp³-hybridized carbons (Fsp3) is 0.250. The third-order valence-corrected chi connectivity index (χ3v) is 1.40. The highest BCUT2D eigenvalue weighted by molar-refractivity contribution is 5.85. The number of hydrogen-bond acceptors (Lipinski definition) is 2. The van der Waals surface area contributed by atoms with Crippen molar-refractivity contribution in [3.8, 4) is 0 Å². The van der Waals surface area contributed by atoms with Crippen molar-refractivity contribution in [1.82, 2.24) is 0 Å². The van der Waals surface area contributed by atoms with Crippen LogP contribution >= 0.6 is 0 Å². The van der Waals surface area contributed by atoms with Crippen molar-refractivity contribution in [2.24, 2.45) is 0 Å². The summed E-state index contributed by atoms with van der Waals surface area (Å²) in [5, 5.41) is 15.8. The van der Waals surface area contributed by atoms with Gasteiger partial charge in [-0.15, -0.1) is 0 Å². The number of rotatable bonds is 2. The lowest BCUT2D eigenvalue weighted by Gasteiger charge is -1.79. The molecule has 20 heavy (non-hydrogen) atoms. The van der Waals surface area contributed by atoms with E-state index in [4.69, 9.17) is 10.2 Å². The second-order valence-electron chi connectivity index (χ2n) is 3.33. The lowest BCUT2D eigenvalue weighted by molar-refractivity contribution is -0.133. The van der Waals surface area contributed by atoms with Gasteiger partial charge in [-0.05, 0) is 13.8 Å². The molecule has 0 radical (unpaired) electrons. The molecule has 2 N–H and O–H groups in total. The van der Waals surface area contributed by atoms with Gasteiger partial charge < -0.3 is 10.2 Å². The summed E-state index contributed by atoms with van der Waals surface area (Å²) in [4.78, 5) is 19.2. The average Bonchev–Trinajstić information content (AvgIpc) is 2.44. The molecule has 4 heteroatoms. The van der Waals surface area contributed by atoms with E-state index < -0.39 is 11.9 Å². The van der Waals surface area contributed by atoms with Gasteiger partial charge in [0.2, 0.25) is 0 Å². The predicted molar refractivity (Wildman–Crippen MR) is 82.7 cm³/mol. The van der Waals surface area contributed by atoms with Gasteiger partial charge in [-0.1, -0.05) is 63.4 Å². The summed E-state index contributed by atoms with van der Waals surface area (Å²) in [7, 11) is 0. The standard InChI is InChI=1S/C6H6.2C4H6O2.C2H6/c1-2-4-6-5-3-1;2*1-3(2)4(5)6;1-2/h1-6H;2*1H2,2H3,(H,5,6);1-2H3. The molecule has 0 unspecified atom stereocenters. The van der Waals surface area contributed by atoms with Crippen LogP contribution in [0.15, 0.2) is 60.7 Å². The van der Waals surface area contributed by atoms with Crippen molar-refractivity contribution in [2.45, 2.75) is 27.7 Å². The highest BCUT2D eigenvalue weighted by Crippen LogP contribution is 1.81. The molecular weight excluding hydrogens is 256 g/mol. The lowest BCUT2D eigenvalue weighted by Crippen LogP contribution is -1.92. The molecule has 0 fully saturated rings. The van der Waals surface area contributed by atoms with Crippen molar-refractivity contribution in [3.63, 3.8) is 0 Å². The molecule has 4 nitrogen and oxygen atoms in total. The summed E-state index contributed by atoms with van der Waals surface area (Å²) in [5.41, 5.74) is 0.352. The fourth-order valence-electron chi connectivity index (χ4n) is 0.385. The van der Waals surface area contributed by atoms with E-state index in [1.165, 1.54) is 13.8 Å². The van der Waals surface area contributed by atoms with Gasteiger partial charge in [-0.3, -0.25) is 0 Å². The normalized spacial score (nSPS) is 7.20. The quantitative estimate of drug-likeness (QED) is 0.803. The van der Waals surface area contributed by atoms with Crippen molar-refractivity contribution < 1.29 is 19.8 Å². The van der Waals surface area contributed by atoms with Gasteiger partial charge in [0, 0.05) is 11.1 Å². The number of hydrogen-bond donors (Lipinski definition) is 2. The Bertz CT molecular complexity index is 319. The molecule has 0 atom stereocenters. The van der Waals surface area contributed by atoms with Crippen LogP contribution in [0.2, 0.25) is 0 Å². The Morgan fingerprint density at radius 3 is 0.850 bits per heavy atom. The van der Waals surface area contributed by atoms with Crippen molar-refractivity contribution in [3.05, 3.63) is 60.7 Å². The molecular formula is C16H24O4. The Balaban J connectivity index is -0.000000204. The van der Waals surface area contributed by atoms with Crippen LogP contribution < -0.4 is 0 Å². The lowest BCUT2D eigenvalue weighted by atomic mass is 10.4. The minimum atomic E-state index is -0.935. The summed E-state index contributed by atoms with van der Waals surface area (Å²) < 4.78 is 0. The Kier molecular flexibility index (Phi) is 19.0. The van der Waals surface area contributed by atoms with Crippen molar-refractivity contribution in [2.75, 3.05) is 0 Å². The first-order chi connectivity index (χ1) is 9.29. The summed E-state index contributed by atoms with van der Waals surface area (Å²) in [6, 6.07) is 12.0. The molecule has 1 rings (SSSR count). The van der Waals surface area contributed by atoms with Crippen LogP contribution in [0.5, 0.6) is 0 Å². The molecule has 0 bridgehead atoms. The van der Waals surface area contributed by atoms with Gasteiger partial charge in [0.1, 0.15) is 0 Å². The van der Waals surface area contributed by atoms with Gasteiger partial charge in [0.25, 0.3) is 0 Å². The number of carboxylic acids is 2. The minimum absolute atomic E-state index is 0.176. The first kappa shape index (κ1) is 22.8. The molecule has 112 valence electrons. The highest BCUT2D eigenvalue weighted by Gasteiger charge is 1.90. The van der Waals surface area contributed by atoms with Gasteiger partial charge in [-0.2, -0.15) is 0 Å². The molecule has 0 aliphatic carbocycles. The van der Waals surface area contributed by atoms with E-state index in [9.17, 15) is 9.59 Å². The molecule has 0 saturated carbocycles. The van der Waals surface area contributed by atoms with Crippen LogP contribution in [0.25, 0.3) is 0 Å². The van der Waals surface area contributed by atoms with Crippen LogP contribution in [0.1, 0.15) is 27.7 Å². The maximum atomic E-state index is 9.60. The Hall–Kier alpha value is -2.36. The zero-order valence-corrected chi connectivity index (χ0v) is 12.6. The first-order valence-corrected chi connectivity index (χ1v) is 6.06. The summed E-state index contributed by atoms with van der Waals surface area (Å²) in [6.07, 6.45) is 0. The molecule has 1 aromatic carbocycles. The molecule has 0 saturated heterocycles. The molecule has 0 heterocycles. The zero-order valence-electron chi connectivity index (χ0n) is 12.6. The Morgan fingerprint density at radius 2 is 0.800 bits per heavy atom. The minimum Gasteiger partial charge on any atom is -0.478 e. The SMILES string of the molecule is C=C(C)C(=O)O.C=C(C)C(=O)O.CC.c1ccccc1. The highest BCUT2D eigenvalue weighted by atomic mass is 16.4. The van der Waals surface area contributed by atoms with Gasteiger partial charge >= 0.3 is 11.9 Å². The number of aliphatic carboxylic acids is 2. The first-order valence-electron chi connectivity index (χ1n) is 6.06. The van der Waals surface area contributed by atoms with Crippen LogP contribution in [-0.4, -0.2) is 22.2 Å². The maximum Gasteiger partial charge on any atom is 0.330 e. The van der Waals surface area contributed by atoms with Gasteiger partial charge in [0.05, 0.1) is 0 Å². The predicted octanol–water partition coefficient (Wildman–Crippen LogP) is 4.01. The van der Waals surface area contributed by atoms with Gasteiger partial charge in [0.15, 0.2) is 0 Å². The molecule has 0 amide bonds. The van der Waals surface area contributed by atoms with E-state index in [-0.39, 0.29) is 11.1 Å². The second-order valence-corrected chi connectivity index (χ2v) is 3.33. The molecule has 0 aliphatic rings. The smallest absolute Gasteiger partial charge is 0.330 e. The third kappa shape index (κ3) is 24.7. The van der Waals surface area contributed by atoms with E-state index in [0.29, 0.717) is 0 Å². The molecule has 0 spiro atoms. The van der Waals surface area contributed by atoms with E-state index >= 15 is 0 Å².